The Morgan fingerprint density at radius 1 is 0.938 bits per heavy atom. The molecule has 5 heterocycles. The third kappa shape index (κ3) is 11.5. The van der Waals surface area contributed by atoms with Gasteiger partial charge in [-0.25, -0.2) is 19.3 Å². The van der Waals surface area contributed by atoms with E-state index >= 15 is 0 Å². The number of hydrogen-bond donors (Lipinski definition) is 3. The summed E-state index contributed by atoms with van der Waals surface area (Å²) in [6.07, 6.45) is 2.89. The van der Waals surface area contributed by atoms with Crippen molar-refractivity contribution < 1.29 is 23.8 Å². The van der Waals surface area contributed by atoms with Gasteiger partial charge in [-0.05, 0) is 59.5 Å². The molecule has 8 rings (SSSR count). The van der Waals surface area contributed by atoms with Crippen molar-refractivity contribution in [3.63, 3.8) is 0 Å². The minimum absolute atomic E-state index is 0.0894. The molecule has 1 atom stereocenters. The molecular formula is C45H48Cl2N12O5S. The van der Waals surface area contributed by atoms with E-state index in [4.69, 9.17) is 48.1 Å². The van der Waals surface area contributed by atoms with Gasteiger partial charge in [-0.15, -0.1) is 10.2 Å². The SMILES string of the molecule is CC(C)[C@H](C(=O)N1CCC2(CC1)Oc1ccc(C#CC(=O)NCCOCCn3cc(CSc4nc(NCCN)c5nnn(Cc6ccc(Cl)cc6)c5n4)nn3)cc1O2)c1ccc(Cl)cc1. The van der Waals surface area contributed by atoms with E-state index in [9.17, 15) is 9.59 Å². The van der Waals surface area contributed by atoms with Crippen molar-refractivity contribution in [3.8, 4) is 23.3 Å². The molecule has 338 valence electrons. The van der Waals surface area contributed by atoms with Crippen LogP contribution in [0.25, 0.3) is 11.2 Å². The molecule has 0 unspecified atom stereocenters. The summed E-state index contributed by atoms with van der Waals surface area (Å²) in [5.74, 6) is 6.43. The van der Waals surface area contributed by atoms with Crippen molar-refractivity contribution in [3.05, 3.63) is 105 Å². The molecule has 6 aromatic rings. The zero-order valence-electron chi connectivity index (χ0n) is 35.9. The Balaban J connectivity index is 0.750. The third-order valence-corrected chi connectivity index (χ3v) is 12.2. The van der Waals surface area contributed by atoms with Crippen LogP contribution in [0.2, 0.25) is 10.0 Å². The number of carbonyl (C=O) groups excluding carboxylic acids is 2. The number of benzene rings is 3. The highest BCUT2D eigenvalue weighted by molar-refractivity contribution is 7.98. The average Bonchev–Trinajstić information content (AvgIpc) is 4.03. The maximum Gasteiger partial charge on any atom is 0.296 e. The maximum absolute atomic E-state index is 13.7. The number of nitrogens with zero attached hydrogens (tertiary/aromatic N) is 9. The first-order chi connectivity index (χ1) is 31.5. The number of aromatic nitrogens is 8. The number of anilines is 1. The second kappa shape index (κ2) is 20.9. The standard InChI is InChI=1S/C45H48Cl2N12O5S/c1-29(2)39(32-7-11-34(47)12-8-32)43(61)57-20-15-45(16-21-57)63-36-13-5-30(25-37(36)64-45)6-14-38(60)49-19-23-62-24-22-58-27-35(53-55-58)28-65-44-51-41(50-18-17-48)40-42(52-44)59(56-54-40)26-31-3-9-33(46)10-4-31/h3-5,7-13,25,27,29,39H,15-24,26,28,48H2,1-2H3,(H,49,60)(H,50,51,52)/t39-/m0/s1. The van der Waals surface area contributed by atoms with Crippen LogP contribution in [0, 0.1) is 17.8 Å². The van der Waals surface area contributed by atoms with Gasteiger partial charge in [0.15, 0.2) is 33.6 Å². The number of hydrogen-bond acceptors (Lipinski definition) is 14. The monoisotopic (exact) mass is 938 g/mol. The second-order valence-electron chi connectivity index (χ2n) is 15.9. The molecule has 3 aromatic heterocycles. The molecule has 0 bridgehead atoms. The number of ether oxygens (including phenoxy) is 3. The summed E-state index contributed by atoms with van der Waals surface area (Å²) in [7, 11) is 0. The van der Waals surface area contributed by atoms with Crippen molar-refractivity contribution in [1.82, 2.24) is 50.2 Å². The number of piperidine rings is 1. The highest BCUT2D eigenvalue weighted by atomic mass is 35.5. The number of halogens is 2. The largest absolute Gasteiger partial charge is 0.448 e. The van der Waals surface area contributed by atoms with Crippen molar-refractivity contribution in [2.75, 3.05) is 51.3 Å². The van der Waals surface area contributed by atoms with E-state index < -0.39 is 11.7 Å². The average molecular weight is 940 g/mol. The summed E-state index contributed by atoms with van der Waals surface area (Å²) in [6.45, 7) is 7.95. The zero-order chi connectivity index (χ0) is 45.3. The summed E-state index contributed by atoms with van der Waals surface area (Å²) in [4.78, 5) is 37.5. The van der Waals surface area contributed by atoms with Gasteiger partial charge in [-0.3, -0.25) is 9.59 Å². The van der Waals surface area contributed by atoms with Gasteiger partial charge in [0.1, 0.15) is 0 Å². The second-order valence-corrected chi connectivity index (χ2v) is 17.7. The minimum atomic E-state index is -0.852. The van der Waals surface area contributed by atoms with Crippen LogP contribution in [0.4, 0.5) is 5.82 Å². The van der Waals surface area contributed by atoms with E-state index in [1.807, 2.05) is 59.6 Å². The number of thioether (sulfide) groups is 1. The molecule has 0 aliphatic carbocycles. The summed E-state index contributed by atoms with van der Waals surface area (Å²) in [5, 5.41) is 25.0. The highest BCUT2D eigenvalue weighted by Crippen LogP contribution is 2.44. The lowest BCUT2D eigenvalue weighted by Crippen LogP contribution is -2.52. The molecule has 2 aliphatic rings. The first-order valence-electron chi connectivity index (χ1n) is 21.3. The van der Waals surface area contributed by atoms with Gasteiger partial charge in [0.25, 0.3) is 11.7 Å². The molecule has 1 fully saturated rings. The predicted molar refractivity (Wildman–Crippen MR) is 247 cm³/mol. The fourth-order valence-electron chi connectivity index (χ4n) is 7.53. The van der Waals surface area contributed by atoms with Crippen LogP contribution >= 0.6 is 35.0 Å². The molecule has 2 aliphatic heterocycles. The molecule has 4 N–H and O–H groups in total. The predicted octanol–water partition coefficient (Wildman–Crippen LogP) is 5.55. The smallest absolute Gasteiger partial charge is 0.296 e. The summed E-state index contributed by atoms with van der Waals surface area (Å²) in [5.41, 5.74) is 10.2. The fraction of sp³-hybridized carbons (Fsp3) is 0.378. The lowest BCUT2D eigenvalue weighted by atomic mass is 9.86. The van der Waals surface area contributed by atoms with Gasteiger partial charge in [-0.1, -0.05) is 89.4 Å². The topological polar surface area (TPSA) is 202 Å². The lowest BCUT2D eigenvalue weighted by Gasteiger charge is -2.39. The van der Waals surface area contributed by atoms with Gasteiger partial charge in [0.05, 0.1) is 37.9 Å². The molecule has 1 spiro atoms. The van der Waals surface area contributed by atoms with E-state index in [1.165, 1.54) is 11.8 Å². The first-order valence-corrected chi connectivity index (χ1v) is 23.0. The van der Waals surface area contributed by atoms with E-state index in [2.05, 4.69) is 61.9 Å². The molecular weight excluding hydrogens is 892 g/mol. The van der Waals surface area contributed by atoms with Crippen LogP contribution in [-0.4, -0.2) is 108 Å². The molecule has 20 heteroatoms. The molecule has 1 saturated heterocycles. The quantitative estimate of drug-likeness (QED) is 0.0445. The van der Waals surface area contributed by atoms with Gasteiger partial charge in [0.2, 0.25) is 5.91 Å². The molecule has 17 nitrogen and oxygen atoms in total. The van der Waals surface area contributed by atoms with Crippen LogP contribution in [-0.2, 0) is 33.2 Å². The number of nitrogens with one attached hydrogen (secondary N) is 2. The van der Waals surface area contributed by atoms with Gasteiger partial charge >= 0.3 is 0 Å². The lowest BCUT2D eigenvalue weighted by molar-refractivity contribution is -0.148. The number of likely N-dealkylation sites (tertiary alicyclic amines) is 1. The molecule has 2 amide bonds. The Hall–Kier alpha value is -5.97. The van der Waals surface area contributed by atoms with Crippen molar-refractivity contribution >= 4 is 63.8 Å². The van der Waals surface area contributed by atoms with Crippen LogP contribution in [0.3, 0.4) is 0 Å². The highest BCUT2D eigenvalue weighted by Gasteiger charge is 2.46. The van der Waals surface area contributed by atoms with E-state index in [1.54, 1.807) is 27.6 Å². The van der Waals surface area contributed by atoms with E-state index in [-0.39, 0.29) is 24.3 Å². The van der Waals surface area contributed by atoms with Gasteiger partial charge in [-0.2, -0.15) is 0 Å². The van der Waals surface area contributed by atoms with Gasteiger partial charge < -0.3 is 35.5 Å². The zero-order valence-corrected chi connectivity index (χ0v) is 38.2. The third-order valence-electron chi connectivity index (χ3n) is 10.8. The van der Waals surface area contributed by atoms with Crippen LogP contribution < -0.4 is 25.8 Å². The number of amides is 2. The Bertz CT molecular complexity index is 2680. The summed E-state index contributed by atoms with van der Waals surface area (Å²) >= 11 is 13.6. The van der Waals surface area contributed by atoms with Crippen molar-refractivity contribution in [1.29, 1.82) is 0 Å². The molecule has 3 aromatic carbocycles. The Kier molecular flexibility index (Phi) is 14.7. The van der Waals surface area contributed by atoms with Crippen molar-refractivity contribution in [2.24, 2.45) is 11.7 Å². The minimum Gasteiger partial charge on any atom is -0.448 e. The summed E-state index contributed by atoms with van der Waals surface area (Å²) < 4.78 is 21.8. The van der Waals surface area contributed by atoms with E-state index in [0.717, 1.165) is 16.8 Å². The Morgan fingerprint density at radius 3 is 2.45 bits per heavy atom. The number of nitrogens with two attached hydrogens (primary N) is 1. The van der Waals surface area contributed by atoms with Crippen LogP contribution in [0.15, 0.2) is 78.1 Å². The fourth-order valence-corrected chi connectivity index (χ4v) is 8.50. The maximum atomic E-state index is 13.7. The molecule has 0 saturated carbocycles. The Morgan fingerprint density at radius 2 is 1.69 bits per heavy atom. The molecule has 0 radical (unpaired) electrons. The number of rotatable bonds is 17. The summed E-state index contributed by atoms with van der Waals surface area (Å²) in [6, 6.07) is 20.4. The van der Waals surface area contributed by atoms with Gasteiger partial charge in [0, 0.05) is 79.0 Å². The van der Waals surface area contributed by atoms with Crippen LogP contribution in [0.5, 0.6) is 11.5 Å². The number of carbonyl (C=O) groups is 2. The van der Waals surface area contributed by atoms with Crippen molar-refractivity contribution in [2.45, 2.75) is 62.4 Å². The van der Waals surface area contributed by atoms with Crippen LogP contribution in [0.1, 0.15) is 55.0 Å². The molecule has 65 heavy (non-hydrogen) atoms. The Labute approximate surface area is 390 Å². The van der Waals surface area contributed by atoms with E-state index in [0.29, 0.717) is 120 Å². The normalized spacial score (nSPS) is 14.4. The first kappa shape index (κ1) is 45.6. The number of fused-ring (bicyclic) bond motifs is 2.